The van der Waals surface area contributed by atoms with Gasteiger partial charge in [0.25, 0.3) is 0 Å². The maximum atomic E-state index is 11.4. The molecule has 1 aromatic heterocycles. The maximum Gasteiger partial charge on any atom is 0.136 e. The number of pyridine rings is 1. The monoisotopic (exact) mass is 328 g/mol. The lowest BCUT2D eigenvalue weighted by molar-refractivity contribution is 0.665. The van der Waals surface area contributed by atoms with E-state index in [4.69, 9.17) is 28.3 Å². The zero-order chi connectivity index (χ0) is 14.9. The molecule has 2 N–H and O–H groups in total. The van der Waals surface area contributed by atoms with Gasteiger partial charge in [-0.2, -0.15) is 0 Å². The topological polar surface area (TPSA) is 56.0 Å². The lowest BCUT2D eigenvalue weighted by atomic mass is 10.1. The van der Waals surface area contributed by atoms with Crippen LogP contribution in [-0.2, 0) is 11.0 Å². The third-order valence-corrected chi connectivity index (χ3v) is 4.65. The van der Waals surface area contributed by atoms with Gasteiger partial charge >= 0.3 is 0 Å². The first kappa shape index (κ1) is 15.4. The van der Waals surface area contributed by atoms with E-state index in [-0.39, 0.29) is 0 Å². The van der Waals surface area contributed by atoms with Crippen LogP contribution in [0.1, 0.15) is 19.4 Å². The number of nitrogens with two attached hydrogens (primary N) is 1. The van der Waals surface area contributed by atoms with E-state index in [1.54, 1.807) is 32.1 Å². The lowest BCUT2D eigenvalue weighted by Crippen LogP contribution is -2.29. The fourth-order valence-corrected chi connectivity index (χ4v) is 2.21. The van der Waals surface area contributed by atoms with Crippen molar-refractivity contribution in [1.29, 1.82) is 0 Å². The number of aromatic nitrogens is 1. The molecule has 3 nitrogen and oxygen atoms in total. The molecule has 1 heterocycles. The first-order valence-electron chi connectivity index (χ1n) is 5.91. The number of nitrogens with zero attached hydrogens (tertiary/aromatic N) is 1. The second-order valence-corrected chi connectivity index (χ2v) is 7.38. The summed E-state index contributed by atoms with van der Waals surface area (Å²) in [6.45, 7) is 3.58. The van der Waals surface area contributed by atoms with Crippen molar-refractivity contribution in [2.75, 3.05) is 0 Å². The highest BCUT2D eigenvalue weighted by molar-refractivity contribution is 7.84. The summed E-state index contributed by atoms with van der Waals surface area (Å²) in [7, 11) is -1.46. The highest BCUT2D eigenvalue weighted by atomic mass is 35.5. The summed E-state index contributed by atoms with van der Waals surface area (Å²) in [5, 5.41) is 7.36. The minimum atomic E-state index is -1.46. The van der Waals surface area contributed by atoms with Gasteiger partial charge in [-0.25, -0.2) is 9.19 Å². The predicted octanol–water partition coefficient (Wildman–Crippen LogP) is 3.96. The molecule has 1 aromatic carbocycles. The number of hydrogen-bond donors (Lipinski definition) is 1. The molecule has 2 aromatic rings. The van der Waals surface area contributed by atoms with Crippen LogP contribution in [0, 0.1) is 0 Å². The normalized spacial score (nSPS) is 14.1. The molecule has 0 aliphatic rings. The summed E-state index contributed by atoms with van der Waals surface area (Å²) in [6.07, 6.45) is 3.54. The lowest BCUT2D eigenvalue weighted by Gasteiger charge is -2.15. The highest BCUT2D eigenvalue weighted by Gasteiger charge is 2.19. The third kappa shape index (κ3) is 3.38. The second kappa shape index (κ2) is 5.82. The fourth-order valence-electron chi connectivity index (χ4n) is 1.61. The van der Waals surface area contributed by atoms with E-state index in [0.717, 1.165) is 16.5 Å². The summed E-state index contributed by atoms with van der Waals surface area (Å²) in [6, 6.07) is 7.30. The number of rotatable bonds is 3. The number of fused-ring (bicyclic) bond motifs is 1. The Labute approximate surface area is 130 Å². The molecule has 20 heavy (non-hydrogen) atoms. The van der Waals surface area contributed by atoms with Crippen molar-refractivity contribution in [1.82, 2.24) is 4.98 Å². The van der Waals surface area contributed by atoms with E-state index in [1.165, 1.54) is 0 Å². The standard InChI is InChI=1S/C14H14Cl2N2OS/c1-14(2,20(17)19)6-5-9-7-10-8-11(15)3-4-12(10)18-13(9)16/h3-8H,17H2,1-2H3. The van der Waals surface area contributed by atoms with E-state index in [9.17, 15) is 4.21 Å². The van der Waals surface area contributed by atoms with Crippen LogP contribution in [0.15, 0.2) is 30.3 Å². The van der Waals surface area contributed by atoms with Crippen molar-refractivity contribution >= 4 is 51.2 Å². The first-order chi connectivity index (χ1) is 9.29. The van der Waals surface area contributed by atoms with Gasteiger partial charge in [-0.15, -0.1) is 0 Å². The van der Waals surface area contributed by atoms with Crippen LogP contribution in [0.25, 0.3) is 17.0 Å². The molecule has 0 aliphatic carbocycles. The Morgan fingerprint density at radius 1 is 1.30 bits per heavy atom. The van der Waals surface area contributed by atoms with Gasteiger partial charge in [0, 0.05) is 16.0 Å². The Hall–Kier alpha value is -0.940. The van der Waals surface area contributed by atoms with Crippen LogP contribution in [-0.4, -0.2) is 13.9 Å². The second-order valence-electron chi connectivity index (χ2n) is 4.94. The largest absolute Gasteiger partial charge is 0.251 e. The predicted molar refractivity (Wildman–Crippen MR) is 87.2 cm³/mol. The van der Waals surface area contributed by atoms with Crippen molar-refractivity contribution in [3.63, 3.8) is 0 Å². The molecule has 0 saturated heterocycles. The van der Waals surface area contributed by atoms with Crippen molar-refractivity contribution in [2.24, 2.45) is 5.14 Å². The van der Waals surface area contributed by atoms with Gasteiger partial charge < -0.3 is 0 Å². The Balaban J connectivity index is 2.47. The molecular formula is C14H14Cl2N2OS. The molecular weight excluding hydrogens is 315 g/mol. The molecule has 0 fully saturated rings. The fraction of sp³-hybridized carbons (Fsp3) is 0.214. The molecule has 0 aliphatic heterocycles. The maximum absolute atomic E-state index is 11.4. The minimum Gasteiger partial charge on any atom is -0.251 e. The smallest absolute Gasteiger partial charge is 0.136 e. The summed E-state index contributed by atoms with van der Waals surface area (Å²) < 4.78 is 10.8. The molecule has 106 valence electrons. The molecule has 0 spiro atoms. The van der Waals surface area contributed by atoms with Gasteiger partial charge in [0.1, 0.15) is 5.15 Å². The summed E-state index contributed by atoms with van der Waals surface area (Å²) in [4.78, 5) is 4.31. The van der Waals surface area contributed by atoms with E-state index >= 15 is 0 Å². The summed E-state index contributed by atoms with van der Waals surface area (Å²) in [5.74, 6) is 0. The zero-order valence-electron chi connectivity index (χ0n) is 11.1. The highest BCUT2D eigenvalue weighted by Crippen LogP contribution is 2.25. The Bertz CT molecular complexity index is 714. The SMILES string of the molecule is CC(C)(C=Cc1cc2cc(Cl)ccc2nc1Cl)S(N)=O. The van der Waals surface area contributed by atoms with E-state index in [0.29, 0.717) is 10.2 Å². The van der Waals surface area contributed by atoms with Gasteiger partial charge in [-0.1, -0.05) is 35.4 Å². The number of halogens is 2. The molecule has 0 saturated carbocycles. The quantitative estimate of drug-likeness (QED) is 0.867. The van der Waals surface area contributed by atoms with Crippen molar-refractivity contribution in [3.8, 4) is 0 Å². The molecule has 1 unspecified atom stereocenters. The van der Waals surface area contributed by atoms with Gasteiger partial charge in [0.05, 0.1) is 21.2 Å². The van der Waals surface area contributed by atoms with Crippen molar-refractivity contribution < 1.29 is 4.21 Å². The Morgan fingerprint density at radius 3 is 2.65 bits per heavy atom. The molecule has 0 amide bonds. The minimum absolute atomic E-state index is 0.384. The van der Waals surface area contributed by atoms with E-state index in [2.05, 4.69) is 4.98 Å². The molecule has 6 heteroatoms. The van der Waals surface area contributed by atoms with Crippen LogP contribution in [0.5, 0.6) is 0 Å². The zero-order valence-corrected chi connectivity index (χ0v) is 13.4. The van der Waals surface area contributed by atoms with Crippen molar-refractivity contribution in [2.45, 2.75) is 18.6 Å². The van der Waals surface area contributed by atoms with Crippen LogP contribution in [0.4, 0.5) is 0 Å². The first-order valence-corrected chi connectivity index (χ1v) is 7.88. The number of hydrogen-bond acceptors (Lipinski definition) is 2. The number of benzene rings is 1. The van der Waals surface area contributed by atoms with E-state index in [1.807, 2.05) is 18.2 Å². The summed E-state index contributed by atoms with van der Waals surface area (Å²) >= 11 is 12.1. The van der Waals surface area contributed by atoms with Crippen LogP contribution in [0.2, 0.25) is 10.2 Å². The van der Waals surface area contributed by atoms with Crippen LogP contribution in [0.3, 0.4) is 0 Å². The average Bonchev–Trinajstić information content (AvgIpc) is 2.36. The molecule has 0 radical (unpaired) electrons. The van der Waals surface area contributed by atoms with Gasteiger partial charge in [0.15, 0.2) is 0 Å². The Morgan fingerprint density at radius 2 is 2.00 bits per heavy atom. The molecule has 2 rings (SSSR count). The van der Waals surface area contributed by atoms with E-state index < -0.39 is 15.7 Å². The summed E-state index contributed by atoms with van der Waals surface area (Å²) in [5.41, 5.74) is 1.51. The van der Waals surface area contributed by atoms with Gasteiger partial charge in [0.2, 0.25) is 0 Å². The molecule has 1 atom stereocenters. The third-order valence-electron chi connectivity index (χ3n) is 2.94. The van der Waals surface area contributed by atoms with Gasteiger partial charge in [-0.3, -0.25) is 5.14 Å². The van der Waals surface area contributed by atoms with Crippen LogP contribution < -0.4 is 5.14 Å². The van der Waals surface area contributed by atoms with Crippen molar-refractivity contribution in [3.05, 3.63) is 46.1 Å². The molecule has 0 bridgehead atoms. The Kier molecular flexibility index (Phi) is 4.49. The average molecular weight is 329 g/mol. The van der Waals surface area contributed by atoms with Crippen LogP contribution >= 0.6 is 23.2 Å². The van der Waals surface area contributed by atoms with Gasteiger partial charge in [-0.05, 0) is 38.1 Å².